The molecule has 0 aromatic rings. The third-order valence-corrected chi connectivity index (χ3v) is 2.06. The van der Waals surface area contributed by atoms with Gasteiger partial charge in [0.25, 0.3) is 0 Å². The number of ether oxygens (including phenoxy) is 2. The summed E-state index contributed by atoms with van der Waals surface area (Å²) in [6.45, 7) is 4.37. The van der Waals surface area contributed by atoms with Crippen molar-refractivity contribution in [1.82, 2.24) is 5.43 Å². The van der Waals surface area contributed by atoms with E-state index in [-0.39, 0.29) is 12.3 Å². The molecule has 80 valence electrons. The third kappa shape index (κ3) is 5.21. The highest BCUT2D eigenvalue weighted by Gasteiger charge is 2.19. The molecular formula is C9H22N2O2. The monoisotopic (exact) mass is 190 g/mol. The van der Waals surface area contributed by atoms with Gasteiger partial charge in [0.1, 0.15) is 0 Å². The SMILES string of the molecule is COC(OC)C(CCC(C)C)NN. The van der Waals surface area contributed by atoms with E-state index in [1.807, 2.05) is 0 Å². The lowest BCUT2D eigenvalue weighted by molar-refractivity contribution is -0.124. The number of nitrogens with two attached hydrogens (primary N) is 1. The van der Waals surface area contributed by atoms with Crippen LogP contribution < -0.4 is 11.3 Å². The molecule has 0 aromatic carbocycles. The van der Waals surface area contributed by atoms with Gasteiger partial charge in [0.15, 0.2) is 6.29 Å². The lowest BCUT2D eigenvalue weighted by atomic mass is 10.0. The topological polar surface area (TPSA) is 56.5 Å². The van der Waals surface area contributed by atoms with Gasteiger partial charge in [-0.1, -0.05) is 13.8 Å². The average Bonchev–Trinajstić information content (AvgIpc) is 2.11. The molecule has 0 rings (SSSR count). The molecule has 0 bridgehead atoms. The van der Waals surface area contributed by atoms with E-state index in [1.165, 1.54) is 0 Å². The van der Waals surface area contributed by atoms with Gasteiger partial charge in [0.2, 0.25) is 0 Å². The molecular weight excluding hydrogens is 168 g/mol. The van der Waals surface area contributed by atoms with Crippen LogP contribution in [-0.2, 0) is 9.47 Å². The van der Waals surface area contributed by atoms with Crippen LogP contribution in [0.15, 0.2) is 0 Å². The van der Waals surface area contributed by atoms with E-state index in [0.29, 0.717) is 5.92 Å². The maximum Gasteiger partial charge on any atom is 0.173 e. The molecule has 1 unspecified atom stereocenters. The summed E-state index contributed by atoms with van der Waals surface area (Å²) in [6, 6.07) is 0.0670. The molecule has 1 atom stereocenters. The molecule has 0 amide bonds. The van der Waals surface area contributed by atoms with E-state index >= 15 is 0 Å². The van der Waals surface area contributed by atoms with Crippen LogP contribution >= 0.6 is 0 Å². The zero-order chi connectivity index (χ0) is 10.3. The third-order valence-electron chi connectivity index (χ3n) is 2.06. The Morgan fingerprint density at radius 1 is 1.15 bits per heavy atom. The maximum atomic E-state index is 5.40. The summed E-state index contributed by atoms with van der Waals surface area (Å²) in [5.74, 6) is 6.07. The molecule has 4 nitrogen and oxygen atoms in total. The number of methoxy groups -OCH3 is 2. The van der Waals surface area contributed by atoms with E-state index in [0.717, 1.165) is 12.8 Å². The first kappa shape index (κ1) is 12.8. The number of nitrogens with one attached hydrogen (secondary N) is 1. The van der Waals surface area contributed by atoms with Crippen molar-refractivity contribution in [2.45, 2.75) is 39.0 Å². The van der Waals surface area contributed by atoms with Gasteiger partial charge in [-0.3, -0.25) is 11.3 Å². The molecule has 0 spiro atoms. The number of rotatable bonds is 7. The molecule has 3 N–H and O–H groups in total. The second-order valence-electron chi connectivity index (χ2n) is 3.58. The van der Waals surface area contributed by atoms with Crippen molar-refractivity contribution in [3.05, 3.63) is 0 Å². The van der Waals surface area contributed by atoms with Crippen molar-refractivity contribution in [2.75, 3.05) is 14.2 Å². The molecule has 0 aliphatic carbocycles. The van der Waals surface area contributed by atoms with Crippen LogP contribution in [0.1, 0.15) is 26.7 Å². The summed E-state index contributed by atoms with van der Waals surface area (Å²) >= 11 is 0. The molecule has 0 heterocycles. The Morgan fingerprint density at radius 3 is 2.00 bits per heavy atom. The minimum absolute atomic E-state index is 0.0670. The van der Waals surface area contributed by atoms with Crippen molar-refractivity contribution >= 4 is 0 Å². The van der Waals surface area contributed by atoms with Crippen LogP contribution in [0.5, 0.6) is 0 Å². The minimum Gasteiger partial charge on any atom is -0.354 e. The Labute approximate surface area is 80.7 Å². The van der Waals surface area contributed by atoms with Crippen molar-refractivity contribution in [1.29, 1.82) is 0 Å². The van der Waals surface area contributed by atoms with Crippen molar-refractivity contribution < 1.29 is 9.47 Å². The van der Waals surface area contributed by atoms with Gasteiger partial charge < -0.3 is 9.47 Å². The number of hydrogen-bond donors (Lipinski definition) is 2. The van der Waals surface area contributed by atoms with Crippen LogP contribution in [-0.4, -0.2) is 26.6 Å². The Bertz CT molecular complexity index is 116. The molecule has 0 saturated heterocycles. The first-order chi connectivity index (χ1) is 6.15. The second-order valence-corrected chi connectivity index (χ2v) is 3.58. The van der Waals surface area contributed by atoms with E-state index < -0.39 is 0 Å². The van der Waals surface area contributed by atoms with E-state index in [2.05, 4.69) is 19.3 Å². The van der Waals surface area contributed by atoms with Gasteiger partial charge in [-0.2, -0.15) is 0 Å². The zero-order valence-corrected chi connectivity index (χ0v) is 9.04. The van der Waals surface area contributed by atoms with Crippen LogP contribution in [0.25, 0.3) is 0 Å². The smallest absolute Gasteiger partial charge is 0.173 e. The number of hydrogen-bond acceptors (Lipinski definition) is 4. The van der Waals surface area contributed by atoms with Gasteiger partial charge in [-0.15, -0.1) is 0 Å². The summed E-state index contributed by atoms with van der Waals surface area (Å²) < 4.78 is 10.2. The summed E-state index contributed by atoms with van der Waals surface area (Å²) in [5.41, 5.74) is 2.71. The van der Waals surface area contributed by atoms with Crippen LogP contribution in [0, 0.1) is 5.92 Å². The summed E-state index contributed by atoms with van der Waals surface area (Å²) in [7, 11) is 3.24. The van der Waals surface area contributed by atoms with Crippen molar-refractivity contribution in [2.24, 2.45) is 11.8 Å². The number of hydrazine groups is 1. The molecule has 0 aliphatic heterocycles. The highest BCUT2D eigenvalue weighted by molar-refractivity contribution is 4.68. The molecule has 0 aliphatic rings. The van der Waals surface area contributed by atoms with Gasteiger partial charge in [0, 0.05) is 14.2 Å². The fraction of sp³-hybridized carbons (Fsp3) is 1.00. The molecule has 0 saturated carbocycles. The maximum absolute atomic E-state index is 5.40. The standard InChI is InChI=1S/C9H22N2O2/c1-7(2)5-6-8(11-10)9(12-3)13-4/h7-9,11H,5-6,10H2,1-4H3. The van der Waals surface area contributed by atoms with Crippen molar-refractivity contribution in [3.63, 3.8) is 0 Å². The lowest BCUT2D eigenvalue weighted by Crippen LogP contribution is -2.45. The van der Waals surface area contributed by atoms with Gasteiger partial charge in [0.05, 0.1) is 6.04 Å². The van der Waals surface area contributed by atoms with E-state index in [4.69, 9.17) is 15.3 Å². The molecule has 0 radical (unpaired) electrons. The van der Waals surface area contributed by atoms with E-state index in [9.17, 15) is 0 Å². The average molecular weight is 190 g/mol. The Morgan fingerprint density at radius 2 is 1.69 bits per heavy atom. The van der Waals surface area contributed by atoms with Crippen LogP contribution in [0.2, 0.25) is 0 Å². The molecule has 0 fully saturated rings. The molecule has 13 heavy (non-hydrogen) atoms. The van der Waals surface area contributed by atoms with Gasteiger partial charge in [-0.25, -0.2) is 0 Å². The minimum atomic E-state index is -0.260. The zero-order valence-electron chi connectivity index (χ0n) is 9.04. The molecule has 4 heteroatoms. The summed E-state index contributed by atoms with van der Waals surface area (Å²) in [4.78, 5) is 0. The Hall–Kier alpha value is -0.160. The Balaban J connectivity index is 3.85. The lowest BCUT2D eigenvalue weighted by Gasteiger charge is -2.24. The molecule has 0 aromatic heterocycles. The largest absolute Gasteiger partial charge is 0.354 e. The van der Waals surface area contributed by atoms with Crippen LogP contribution in [0.4, 0.5) is 0 Å². The first-order valence-electron chi connectivity index (χ1n) is 4.67. The highest BCUT2D eigenvalue weighted by Crippen LogP contribution is 2.10. The summed E-state index contributed by atoms with van der Waals surface area (Å²) in [5, 5.41) is 0. The first-order valence-corrected chi connectivity index (χ1v) is 4.67. The van der Waals surface area contributed by atoms with Crippen molar-refractivity contribution in [3.8, 4) is 0 Å². The normalized spacial score (nSPS) is 14.1. The van der Waals surface area contributed by atoms with Gasteiger partial charge >= 0.3 is 0 Å². The summed E-state index contributed by atoms with van der Waals surface area (Å²) in [6.07, 6.45) is 1.81. The predicted molar refractivity (Wildman–Crippen MR) is 53.0 cm³/mol. The fourth-order valence-corrected chi connectivity index (χ4v) is 1.24. The van der Waals surface area contributed by atoms with Gasteiger partial charge in [-0.05, 0) is 18.8 Å². The van der Waals surface area contributed by atoms with E-state index in [1.54, 1.807) is 14.2 Å². The quantitative estimate of drug-likeness (QED) is 0.355. The fourth-order valence-electron chi connectivity index (χ4n) is 1.24. The predicted octanol–water partition coefficient (Wildman–Crippen LogP) is 0.873. The van der Waals surface area contributed by atoms with Crippen LogP contribution in [0.3, 0.4) is 0 Å². The second kappa shape index (κ2) is 7.26. The Kier molecular flexibility index (Phi) is 7.17. The highest BCUT2D eigenvalue weighted by atomic mass is 16.7.